The van der Waals surface area contributed by atoms with Gasteiger partial charge in [0, 0.05) is 24.8 Å². The Labute approximate surface area is 123 Å². The number of piperidine rings is 1. The Morgan fingerprint density at radius 1 is 1.45 bits per heavy atom. The van der Waals surface area contributed by atoms with E-state index >= 15 is 0 Å². The van der Waals surface area contributed by atoms with Crippen molar-refractivity contribution in [3.63, 3.8) is 0 Å². The third-order valence-corrected chi connectivity index (χ3v) is 4.41. The fraction of sp³-hybridized carbons (Fsp3) is 0.533. The van der Waals surface area contributed by atoms with Crippen LogP contribution in [0.1, 0.15) is 40.9 Å². The predicted octanol–water partition coefficient (Wildman–Crippen LogP) is 1.47. The largest absolute Gasteiger partial charge is 0.396 e. The van der Waals surface area contributed by atoms with E-state index in [0.717, 1.165) is 25.8 Å². The summed E-state index contributed by atoms with van der Waals surface area (Å²) >= 11 is 1.38. The molecule has 2 heterocycles. The number of hydrogen-bond donors (Lipinski definition) is 2. The highest BCUT2D eigenvalue weighted by Gasteiger charge is 2.28. The number of thiophene rings is 1. The van der Waals surface area contributed by atoms with E-state index < -0.39 is 0 Å². The van der Waals surface area contributed by atoms with Gasteiger partial charge in [-0.15, -0.1) is 11.3 Å². The van der Waals surface area contributed by atoms with E-state index in [4.69, 9.17) is 10.2 Å². The molecule has 1 aliphatic rings. The van der Waals surface area contributed by atoms with Gasteiger partial charge in [0.15, 0.2) is 0 Å². The molecule has 0 saturated carbocycles. The Morgan fingerprint density at radius 3 is 3.05 bits per heavy atom. The molecule has 20 heavy (non-hydrogen) atoms. The van der Waals surface area contributed by atoms with Crippen molar-refractivity contribution in [2.45, 2.75) is 31.7 Å². The van der Waals surface area contributed by atoms with Gasteiger partial charge in [-0.1, -0.05) is 11.8 Å². The third-order valence-electron chi connectivity index (χ3n) is 3.51. The molecule has 1 fully saturated rings. The molecule has 2 N–H and O–H groups in total. The topological polar surface area (TPSA) is 60.8 Å². The summed E-state index contributed by atoms with van der Waals surface area (Å²) < 4.78 is 0. The Hall–Kier alpha value is -1.35. The number of aliphatic hydroxyl groups is 2. The number of aliphatic hydroxyl groups excluding tert-OH is 2. The second-order valence-corrected chi connectivity index (χ2v) is 5.70. The van der Waals surface area contributed by atoms with Gasteiger partial charge >= 0.3 is 0 Å². The van der Waals surface area contributed by atoms with Crippen LogP contribution in [0.15, 0.2) is 11.4 Å². The van der Waals surface area contributed by atoms with E-state index in [1.165, 1.54) is 11.3 Å². The van der Waals surface area contributed by atoms with Crippen LogP contribution in [0.3, 0.4) is 0 Å². The molecule has 0 bridgehead atoms. The van der Waals surface area contributed by atoms with Gasteiger partial charge in [-0.05, 0) is 37.1 Å². The van der Waals surface area contributed by atoms with Gasteiger partial charge in [0.1, 0.15) is 11.5 Å². The number of amides is 1. The second-order valence-electron chi connectivity index (χ2n) is 4.78. The number of rotatable bonds is 3. The predicted molar refractivity (Wildman–Crippen MR) is 78.7 cm³/mol. The molecule has 2 rings (SSSR count). The van der Waals surface area contributed by atoms with Crippen molar-refractivity contribution in [2.24, 2.45) is 0 Å². The monoisotopic (exact) mass is 293 g/mol. The molecule has 0 aromatic carbocycles. The second kappa shape index (κ2) is 7.44. The van der Waals surface area contributed by atoms with Crippen molar-refractivity contribution in [3.05, 3.63) is 21.9 Å². The molecule has 1 amide bonds. The summed E-state index contributed by atoms with van der Waals surface area (Å²) in [7, 11) is 0. The van der Waals surface area contributed by atoms with Crippen molar-refractivity contribution in [1.82, 2.24) is 4.90 Å². The van der Waals surface area contributed by atoms with Gasteiger partial charge in [-0.2, -0.15) is 0 Å². The van der Waals surface area contributed by atoms with Crippen molar-refractivity contribution in [1.29, 1.82) is 0 Å². The minimum absolute atomic E-state index is 0.000361. The van der Waals surface area contributed by atoms with Crippen molar-refractivity contribution >= 4 is 17.2 Å². The molecule has 108 valence electrons. The number of likely N-dealkylation sites (tertiary alicyclic amines) is 1. The van der Waals surface area contributed by atoms with E-state index in [0.29, 0.717) is 16.9 Å². The van der Waals surface area contributed by atoms with E-state index in [1.807, 2.05) is 16.3 Å². The van der Waals surface area contributed by atoms with Gasteiger partial charge in [-0.3, -0.25) is 4.79 Å². The highest BCUT2D eigenvalue weighted by Crippen LogP contribution is 2.25. The van der Waals surface area contributed by atoms with Crippen LogP contribution in [0.5, 0.6) is 0 Å². The molecule has 0 radical (unpaired) electrons. The minimum Gasteiger partial charge on any atom is -0.396 e. The first-order valence-electron chi connectivity index (χ1n) is 6.87. The van der Waals surface area contributed by atoms with Crippen LogP contribution in [0.4, 0.5) is 0 Å². The maximum atomic E-state index is 12.7. The summed E-state index contributed by atoms with van der Waals surface area (Å²) in [4.78, 5) is 15.2. The zero-order chi connectivity index (χ0) is 14.4. The highest BCUT2D eigenvalue weighted by atomic mass is 32.1. The van der Waals surface area contributed by atoms with E-state index in [-0.39, 0.29) is 25.2 Å². The lowest BCUT2D eigenvalue weighted by Crippen LogP contribution is -2.44. The summed E-state index contributed by atoms with van der Waals surface area (Å²) in [5.74, 6) is 5.41. The van der Waals surface area contributed by atoms with E-state index in [1.54, 1.807) is 0 Å². The number of hydrogen-bond acceptors (Lipinski definition) is 4. The molecular formula is C15H19NO3S. The molecule has 1 aromatic rings. The fourth-order valence-corrected chi connectivity index (χ4v) is 3.36. The molecule has 0 spiro atoms. The summed E-state index contributed by atoms with van der Waals surface area (Å²) in [6.45, 7) is 0.644. The van der Waals surface area contributed by atoms with Crippen molar-refractivity contribution in [2.75, 3.05) is 19.8 Å². The van der Waals surface area contributed by atoms with E-state index in [2.05, 4.69) is 11.8 Å². The Balaban J connectivity index is 2.19. The first kappa shape index (κ1) is 15.0. The maximum absolute atomic E-state index is 12.7. The quantitative estimate of drug-likeness (QED) is 0.830. The van der Waals surface area contributed by atoms with Gasteiger partial charge in [-0.25, -0.2) is 0 Å². The first-order chi connectivity index (χ1) is 9.77. The molecule has 4 nitrogen and oxygen atoms in total. The normalized spacial score (nSPS) is 18.5. The Kier molecular flexibility index (Phi) is 5.60. The zero-order valence-electron chi connectivity index (χ0n) is 11.3. The smallest absolute Gasteiger partial charge is 0.265 e. The lowest BCUT2D eigenvalue weighted by molar-refractivity contribution is 0.0579. The molecule has 5 heteroatoms. The van der Waals surface area contributed by atoms with Crippen LogP contribution in [0.2, 0.25) is 0 Å². The Morgan fingerprint density at radius 2 is 2.30 bits per heavy atom. The van der Waals surface area contributed by atoms with Crippen LogP contribution in [-0.4, -0.2) is 46.8 Å². The summed E-state index contributed by atoms with van der Waals surface area (Å²) in [5, 5.41) is 19.7. The molecule has 1 unspecified atom stereocenters. The molecular weight excluding hydrogens is 274 g/mol. The Bertz CT molecular complexity index is 513. The number of nitrogens with zero attached hydrogens (tertiary/aromatic N) is 1. The standard InChI is InChI=1S/C15H19NO3S/c17-9-3-4-12-7-11-20-14(12)15(19)16-8-2-1-5-13(16)6-10-18/h7,11,13,17-18H,1-2,5-6,8-10H2. The molecule has 0 aliphatic carbocycles. The molecule has 1 saturated heterocycles. The van der Waals surface area contributed by atoms with Crippen LogP contribution >= 0.6 is 11.3 Å². The lowest BCUT2D eigenvalue weighted by atomic mass is 9.99. The third kappa shape index (κ3) is 3.40. The van der Waals surface area contributed by atoms with Crippen LogP contribution in [0, 0.1) is 11.8 Å². The van der Waals surface area contributed by atoms with Crippen LogP contribution in [-0.2, 0) is 0 Å². The highest BCUT2D eigenvalue weighted by molar-refractivity contribution is 7.12. The van der Waals surface area contributed by atoms with Gasteiger partial charge in [0.2, 0.25) is 0 Å². The summed E-state index contributed by atoms with van der Waals surface area (Å²) in [6, 6.07) is 1.94. The van der Waals surface area contributed by atoms with Gasteiger partial charge < -0.3 is 15.1 Å². The minimum atomic E-state index is -0.208. The molecule has 1 aromatic heterocycles. The molecule has 1 atom stereocenters. The fourth-order valence-electron chi connectivity index (χ4n) is 2.56. The summed E-state index contributed by atoms with van der Waals surface area (Å²) in [6.07, 6.45) is 3.71. The van der Waals surface area contributed by atoms with Gasteiger partial charge in [0.25, 0.3) is 5.91 Å². The number of carbonyl (C=O) groups is 1. The maximum Gasteiger partial charge on any atom is 0.265 e. The van der Waals surface area contributed by atoms with Crippen LogP contribution < -0.4 is 0 Å². The molecule has 1 aliphatic heterocycles. The van der Waals surface area contributed by atoms with E-state index in [9.17, 15) is 4.79 Å². The lowest BCUT2D eigenvalue weighted by Gasteiger charge is -2.35. The average molecular weight is 293 g/mol. The summed E-state index contributed by atoms with van der Waals surface area (Å²) in [5.41, 5.74) is 0.683. The van der Waals surface area contributed by atoms with Gasteiger partial charge in [0.05, 0.1) is 0 Å². The average Bonchev–Trinajstić information content (AvgIpc) is 2.93. The van der Waals surface area contributed by atoms with Crippen molar-refractivity contribution in [3.8, 4) is 11.8 Å². The SMILES string of the molecule is O=C(c1sccc1C#CCO)N1CCCCC1CCO. The van der Waals surface area contributed by atoms with Crippen molar-refractivity contribution < 1.29 is 15.0 Å². The zero-order valence-corrected chi connectivity index (χ0v) is 12.2. The number of carbonyl (C=O) groups excluding carboxylic acids is 1. The first-order valence-corrected chi connectivity index (χ1v) is 7.75. The van der Waals surface area contributed by atoms with Crippen LogP contribution in [0.25, 0.3) is 0 Å².